The zero-order valence-electron chi connectivity index (χ0n) is 17.3. The van der Waals surface area contributed by atoms with Gasteiger partial charge in [0.1, 0.15) is 5.82 Å². The van der Waals surface area contributed by atoms with Gasteiger partial charge in [0.05, 0.1) is 26.2 Å². The molecule has 7 heteroatoms. The van der Waals surface area contributed by atoms with Crippen LogP contribution in [0, 0.1) is 5.82 Å². The number of carbonyl (C=O) groups excluding carboxylic acids is 2. The van der Waals surface area contributed by atoms with Gasteiger partial charge in [-0.3, -0.25) is 9.59 Å². The van der Waals surface area contributed by atoms with Crippen molar-refractivity contribution in [1.29, 1.82) is 0 Å². The SMILES string of the molecule is CNC(=O)C1(Cc2cccc(-c3cccc(F)c3)c2)CN(C(=O)CCOC)CCO1. The molecule has 1 unspecified atom stereocenters. The second-order valence-electron chi connectivity index (χ2n) is 7.37. The first-order chi connectivity index (χ1) is 14.5. The molecule has 2 aromatic rings. The van der Waals surface area contributed by atoms with E-state index >= 15 is 0 Å². The van der Waals surface area contributed by atoms with Gasteiger partial charge in [0.25, 0.3) is 5.91 Å². The number of rotatable bonds is 7. The summed E-state index contributed by atoms with van der Waals surface area (Å²) in [4.78, 5) is 27.0. The topological polar surface area (TPSA) is 67.9 Å². The highest BCUT2D eigenvalue weighted by Crippen LogP contribution is 2.27. The van der Waals surface area contributed by atoms with E-state index in [-0.39, 0.29) is 37.2 Å². The Bertz CT molecular complexity index is 904. The molecule has 3 rings (SSSR count). The Morgan fingerprint density at radius 2 is 1.93 bits per heavy atom. The monoisotopic (exact) mass is 414 g/mol. The minimum Gasteiger partial charge on any atom is -0.384 e. The first-order valence-electron chi connectivity index (χ1n) is 9.95. The van der Waals surface area contributed by atoms with Crippen molar-refractivity contribution in [3.05, 3.63) is 59.9 Å². The summed E-state index contributed by atoms with van der Waals surface area (Å²) in [6, 6.07) is 14.0. The Kier molecular flexibility index (Phi) is 7.18. The molecule has 0 aliphatic carbocycles. The van der Waals surface area contributed by atoms with Crippen molar-refractivity contribution in [3.63, 3.8) is 0 Å². The van der Waals surface area contributed by atoms with Crippen molar-refractivity contribution in [2.75, 3.05) is 40.5 Å². The van der Waals surface area contributed by atoms with Gasteiger partial charge in [-0.05, 0) is 28.8 Å². The minimum absolute atomic E-state index is 0.0676. The molecular weight excluding hydrogens is 387 g/mol. The van der Waals surface area contributed by atoms with Crippen molar-refractivity contribution in [1.82, 2.24) is 10.2 Å². The van der Waals surface area contributed by atoms with Crippen LogP contribution in [-0.2, 0) is 25.5 Å². The van der Waals surface area contributed by atoms with E-state index in [0.717, 1.165) is 16.7 Å². The smallest absolute Gasteiger partial charge is 0.254 e. The Hall–Kier alpha value is -2.77. The average Bonchev–Trinajstić information content (AvgIpc) is 2.77. The molecule has 1 aliphatic rings. The second-order valence-corrected chi connectivity index (χ2v) is 7.37. The maximum Gasteiger partial charge on any atom is 0.254 e. The molecule has 160 valence electrons. The minimum atomic E-state index is -1.18. The molecule has 0 saturated carbocycles. The van der Waals surface area contributed by atoms with Crippen LogP contribution in [0.3, 0.4) is 0 Å². The fourth-order valence-electron chi connectivity index (χ4n) is 3.76. The Morgan fingerprint density at radius 1 is 1.20 bits per heavy atom. The molecule has 6 nitrogen and oxygen atoms in total. The van der Waals surface area contributed by atoms with E-state index in [1.165, 1.54) is 12.1 Å². The van der Waals surface area contributed by atoms with E-state index in [1.54, 1.807) is 25.1 Å². The third kappa shape index (κ3) is 5.04. The van der Waals surface area contributed by atoms with E-state index in [1.807, 2.05) is 30.3 Å². The van der Waals surface area contributed by atoms with E-state index < -0.39 is 5.60 Å². The molecule has 1 atom stereocenters. The molecule has 0 bridgehead atoms. The standard InChI is InChI=1S/C23H27FN2O4/c1-25-22(28)23(16-26(10-12-30-23)21(27)9-11-29-2)15-17-5-3-6-18(13-17)19-7-4-8-20(24)14-19/h3-8,13-14H,9-12,15-16H2,1-2H3,(H,25,28). The zero-order valence-corrected chi connectivity index (χ0v) is 17.3. The summed E-state index contributed by atoms with van der Waals surface area (Å²) >= 11 is 0. The Balaban J connectivity index is 1.86. The van der Waals surface area contributed by atoms with Gasteiger partial charge in [-0.15, -0.1) is 0 Å². The van der Waals surface area contributed by atoms with Crippen LogP contribution in [0.5, 0.6) is 0 Å². The number of methoxy groups -OCH3 is 1. The quantitative estimate of drug-likeness (QED) is 0.756. The third-order valence-corrected chi connectivity index (χ3v) is 5.27. The highest BCUT2D eigenvalue weighted by atomic mass is 19.1. The van der Waals surface area contributed by atoms with Gasteiger partial charge >= 0.3 is 0 Å². The molecule has 1 aliphatic heterocycles. The summed E-state index contributed by atoms with van der Waals surface area (Å²) in [5.74, 6) is -0.648. The van der Waals surface area contributed by atoms with Crippen LogP contribution in [0.2, 0.25) is 0 Å². The Morgan fingerprint density at radius 3 is 2.63 bits per heavy atom. The van der Waals surface area contributed by atoms with Gasteiger partial charge in [-0.1, -0.05) is 36.4 Å². The summed E-state index contributed by atoms with van der Waals surface area (Å²) < 4.78 is 24.6. The first kappa shape index (κ1) is 21.9. The van der Waals surface area contributed by atoms with Gasteiger partial charge in [-0.2, -0.15) is 0 Å². The van der Waals surface area contributed by atoms with Gasteiger partial charge in [0.2, 0.25) is 5.91 Å². The van der Waals surface area contributed by atoms with E-state index in [9.17, 15) is 14.0 Å². The lowest BCUT2D eigenvalue weighted by Gasteiger charge is -2.41. The lowest BCUT2D eigenvalue weighted by atomic mass is 9.89. The van der Waals surface area contributed by atoms with Crippen molar-refractivity contribution < 1.29 is 23.5 Å². The lowest BCUT2D eigenvalue weighted by molar-refractivity contribution is -0.166. The number of ether oxygens (including phenoxy) is 2. The molecule has 0 radical (unpaired) electrons. The van der Waals surface area contributed by atoms with Crippen LogP contribution < -0.4 is 5.32 Å². The number of benzene rings is 2. The molecular formula is C23H27FN2O4. The number of hydrogen-bond donors (Lipinski definition) is 1. The van der Waals surface area contributed by atoms with E-state index in [4.69, 9.17) is 9.47 Å². The summed E-state index contributed by atoms with van der Waals surface area (Å²) in [6.07, 6.45) is 0.555. The fourth-order valence-corrected chi connectivity index (χ4v) is 3.76. The number of carbonyl (C=O) groups is 2. The molecule has 1 saturated heterocycles. The van der Waals surface area contributed by atoms with Gasteiger partial charge in [0, 0.05) is 27.1 Å². The molecule has 2 amide bonds. The van der Waals surface area contributed by atoms with Crippen LogP contribution in [0.4, 0.5) is 4.39 Å². The average molecular weight is 414 g/mol. The van der Waals surface area contributed by atoms with Crippen molar-refractivity contribution >= 4 is 11.8 Å². The zero-order chi connectivity index (χ0) is 21.6. The largest absolute Gasteiger partial charge is 0.384 e. The summed E-state index contributed by atoms with van der Waals surface area (Å²) in [5.41, 5.74) is 1.29. The highest BCUT2D eigenvalue weighted by Gasteiger charge is 2.44. The maximum atomic E-state index is 13.6. The Labute approximate surface area is 176 Å². The van der Waals surface area contributed by atoms with E-state index in [2.05, 4.69) is 5.32 Å². The number of halogens is 1. The predicted octanol–water partition coefficient (Wildman–Crippen LogP) is 2.42. The van der Waals surface area contributed by atoms with Gasteiger partial charge in [-0.25, -0.2) is 4.39 Å². The van der Waals surface area contributed by atoms with Gasteiger partial charge in [0.15, 0.2) is 5.60 Å². The van der Waals surface area contributed by atoms with Crippen LogP contribution >= 0.6 is 0 Å². The summed E-state index contributed by atoms with van der Waals surface area (Å²) in [7, 11) is 3.11. The van der Waals surface area contributed by atoms with Crippen molar-refractivity contribution in [2.45, 2.75) is 18.4 Å². The maximum absolute atomic E-state index is 13.6. The lowest BCUT2D eigenvalue weighted by Crippen LogP contribution is -2.61. The van der Waals surface area contributed by atoms with Crippen molar-refractivity contribution in [3.8, 4) is 11.1 Å². The molecule has 0 spiro atoms. The fraction of sp³-hybridized carbons (Fsp3) is 0.391. The molecule has 1 N–H and O–H groups in total. The van der Waals surface area contributed by atoms with Crippen LogP contribution in [0.25, 0.3) is 11.1 Å². The van der Waals surface area contributed by atoms with Gasteiger partial charge < -0.3 is 19.7 Å². The normalized spacial score (nSPS) is 18.8. The highest BCUT2D eigenvalue weighted by molar-refractivity contribution is 5.87. The molecule has 0 aromatic heterocycles. The summed E-state index contributed by atoms with van der Waals surface area (Å²) in [5, 5.41) is 2.68. The second kappa shape index (κ2) is 9.82. The van der Waals surface area contributed by atoms with E-state index in [0.29, 0.717) is 19.6 Å². The molecule has 2 aromatic carbocycles. The number of amides is 2. The summed E-state index contributed by atoms with van der Waals surface area (Å²) in [6.45, 7) is 1.21. The first-order valence-corrected chi connectivity index (χ1v) is 9.95. The number of morpholine rings is 1. The third-order valence-electron chi connectivity index (χ3n) is 5.27. The predicted molar refractivity (Wildman–Crippen MR) is 111 cm³/mol. The van der Waals surface area contributed by atoms with Crippen LogP contribution in [0.1, 0.15) is 12.0 Å². The molecule has 30 heavy (non-hydrogen) atoms. The van der Waals surface area contributed by atoms with Crippen molar-refractivity contribution in [2.24, 2.45) is 0 Å². The number of likely N-dealkylation sites (N-methyl/N-ethyl adjacent to an activating group) is 1. The van der Waals surface area contributed by atoms with Crippen LogP contribution in [0.15, 0.2) is 48.5 Å². The van der Waals surface area contributed by atoms with Crippen LogP contribution in [-0.4, -0.2) is 62.8 Å². The number of nitrogens with one attached hydrogen (secondary N) is 1. The molecule has 1 fully saturated rings. The molecule has 1 heterocycles. The number of hydrogen-bond acceptors (Lipinski definition) is 4. The number of nitrogens with zero attached hydrogens (tertiary/aromatic N) is 1.